The number of ether oxygens (including phenoxy) is 2. The smallest absolute Gasteiger partial charge is 0.274 e. The third kappa shape index (κ3) is 5.33. The first kappa shape index (κ1) is 21.3. The van der Waals surface area contributed by atoms with E-state index in [4.69, 9.17) is 14.6 Å². The fraction of sp³-hybridized carbons (Fsp3) is 0.810. The van der Waals surface area contributed by atoms with Crippen LogP contribution < -0.4 is 5.32 Å². The molecule has 3 rings (SSSR count). The lowest BCUT2D eigenvalue weighted by Gasteiger charge is -2.28. The number of carbonyl (C=O) groups is 1. The molecule has 7 heteroatoms. The van der Waals surface area contributed by atoms with E-state index in [1.807, 2.05) is 4.90 Å². The van der Waals surface area contributed by atoms with Crippen molar-refractivity contribution in [2.24, 2.45) is 5.92 Å². The van der Waals surface area contributed by atoms with Crippen molar-refractivity contribution in [3.8, 4) is 0 Å². The van der Waals surface area contributed by atoms with Crippen molar-refractivity contribution >= 4 is 5.91 Å². The second kappa shape index (κ2) is 9.85. The Balaban J connectivity index is 1.73. The molecule has 28 heavy (non-hydrogen) atoms. The molecule has 2 aliphatic rings. The van der Waals surface area contributed by atoms with E-state index in [1.165, 1.54) is 5.69 Å². The molecule has 1 amide bonds. The van der Waals surface area contributed by atoms with Crippen molar-refractivity contribution < 1.29 is 14.3 Å². The summed E-state index contributed by atoms with van der Waals surface area (Å²) < 4.78 is 13.1. The van der Waals surface area contributed by atoms with Crippen molar-refractivity contribution in [2.75, 3.05) is 39.5 Å². The molecule has 1 aliphatic heterocycles. The number of fused-ring (bicyclic) bond motifs is 1. The lowest BCUT2D eigenvalue weighted by atomic mass is 9.91. The number of carbonyl (C=O) groups excluding carboxylic acids is 1. The summed E-state index contributed by atoms with van der Waals surface area (Å²) in [6.45, 7) is 13.4. The Morgan fingerprint density at radius 3 is 2.71 bits per heavy atom. The number of rotatable bonds is 8. The highest BCUT2D eigenvalue weighted by Gasteiger charge is 2.31. The van der Waals surface area contributed by atoms with Crippen molar-refractivity contribution in [2.45, 2.75) is 65.6 Å². The molecular formula is C21H36N4O3. The second-order valence-electron chi connectivity index (χ2n) is 8.57. The van der Waals surface area contributed by atoms with Gasteiger partial charge in [0.2, 0.25) is 0 Å². The van der Waals surface area contributed by atoms with Crippen LogP contribution in [-0.4, -0.2) is 72.2 Å². The van der Waals surface area contributed by atoms with E-state index in [1.54, 1.807) is 0 Å². The highest BCUT2D eigenvalue weighted by Crippen LogP contribution is 2.27. The van der Waals surface area contributed by atoms with Crippen LogP contribution in [0, 0.1) is 5.92 Å². The normalized spacial score (nSPS) is 20.1. The minimum Gasteiger partial charge on any atom is -0.378 e. The standard InChI is InChI=1S/C21H36N4O3/c1-15(2)14-25-19-6-5-17(22-7-10-28-16(3)4)13-18(19)20(23-25)21(26)24-8-11-27-12-9-24/h15-17,22H,5-14H2,1-4H3. The second-order valence-corrected chi connectivity index (χ2v) is 8.57. The molecule has 1 aliphatic carbocycles. The Kier molecular flexibility index (Phi) is 7.48. The van der Waals surface area contributed by atoms with Gasteiger partial charge >= 0.3 is 0 Å². The third-order valence-electron chi connectivity index (χ3n) is 5.37. The predicted octanol–water partition coefficient (Wildman–Crippen LogP) is 1.88. The largest absolute Gasteiger partial charge is 0.378 e. The molecule has 158 valence electrons. The predicted molar refractivity (Wildman–Crippen MR) is 109 cm³/mol. The Morgan fingerprint density at radius 1 is 1.29 bits per heavy atom. The summed E-state index contributed by atoms with van der Waals surface area (Å²) in [5.41, 5.74) is 3.05. The number of nitrogens with zero attached hydrogens (tertiary/aromatic N) is 3. The van der Waals surface area contributed by atoms with Gasteiger partial charge in [-0.25, -0.2) is 0 Å². The average Bonchev–Trinajstić information content (AvgIpc) is 3.02. The maximum Gasteiger partial charge on any atom is 0.274 e. The molecule has 0 saturated carbocycles. The maximum absolute atomic E-state index is 13.2. The minimum absolute atomic E-state index is 0.0610. The Bertz CT molecular complexity index is 650. The van der Waals surface area contributed by atoms with Gasteiger partial charge in [-0.1, -0.05) is 13.8 Å². The molecule has 0 bridgehead atoms. The van der Waals surface area contributed by atoms with E-state index in [9.17, 15) is 4.79 Å². The molecule has 1 aromatic heterocycles. The van der Waals surface area contributed by atoms with E-state index in [-0.39, 0.29) is 12.0 Å². The first-order chi connectivity index (χ1) is 13.5. The van der Waals surface area contributed by atoms with Gasteiger partial charge in [-0.3, -0.25) is 9.48 Å². The number of aromatic nitrogens is 2. The van der Waals surface area contributed by atoms with Gasteiger partial charge in [0.25, 0.3) is 5.91 Å². The average molecular weight is 393 g/mol. The van der Waals surface area contributed by atoms with Crippen LogP contribution in [0.2, 0.25) is 0 Å². The van der Waals surface area contributed by atoms with Crippen LogP contribution in [-0.2, 0) is 28.9 Å². The summed E-state index contributed by atoms with van der Waals surface area (Å²) in [6.07, 6.45) is 3.16. The molecule has 1 N–H and O–H groups in total. The first-order valence-corrected chi connectivity index (χ1v) is 10.8. The van der Waals surface area contributed by atoms with E-state index in [2.05, 4.69) is 37.7 Å². The van der Waals surface area contributed by atoms with Crippen molar-refractivity contribution in [1.82, 2.24) is 20.0 Å². The highest BCUT2D eigenvalue weighted by molar-refractivity contribution is 5.94. The molecule has 1 atom stereocenters. The molecule has 2 heterocycles. The van der Waals surface area contributed by atoms with Crippen LogP contribution in [0.25, 0.3) is 0 Å². The van der Waals surface area contributed by atoms with Crippen LogP contribution in [0.5, 0.6) is 0 Å². The lowest BCUT2D eigenvalue weighted by Crippen LogP contribution is -2.42. The zero-order valence-electron chi connectivity index (χ0n) is 17.9. The van der Waals surface area contributed by atoms with E-state index < -0.39 is 0 Å². The quantitative estimate of drug-likeness (QED) is 0.684. The topological polar surface area (TPSA) is 68.6 Å². The van der Waals surface area contributed by atoms with Crippen LogP contribution in [0.15, 0.2) is 0 Å². The van der Waals surface area contributed by atoms with Gasteiger partial charge in [-0.15, -0.1) is 0 Å². The summed E-state index contributed by atoms with van der Waals surface area (Å²) in [7, 11) is 0. The third-order valence-corrected chi connectivity index (χ3v) is 5.37. The Labute approximate surface area is 168 Å². The number of hydrogen-bond acceptors (Lipinski definition) is 5. The van der Waals surface area contributed by atoms with Gasteiger partial charge in [0.1, 0.15) is 0 Å². The molecule has 0 aromatic carbocycles. The summed E-state index contributed by atoms with van der Waals surface area (Å²) in [6, 6.07) is 0.371. The van der Waals surface area contributed by atoms with Gasteiger partial charge in [0, 0.05) is 43.5 Å². The zero-order chi connectivity index (χ0) is 20.1. The Morgan fingerprint density at radius 2 is 2.04 bits per heavy atom. The van der Waals surface area contributed by atoms with E-state index in [0.717, 1.165) is 37.9 Å². The molecule has 1 aromatic rings. The minimum atomic E-state index is 0.0610. The van der Waals surface area contributed by atoms with Crippen molar-refractivity contribution in [1.29, 1.82) is 0 Å². The Hall–Kier alpha value is -1.44. The molecule has 0 spiro atoms. The van der Waals surface area contributed by atoms with Gasteiger partial charge in [-0.05, 0) is 39.0 Å². The number of amides is 1. The molecule has 1 saturated heterocycles. The van der Waals surface area contributed by atoms with Crippen molar-refractivity contribution in [3.63, 3.8) is 0 Å². The number of morpholine rings is 1. The van der Waals surface area contributed by atoms with Crippen LogP contribution >= 0.6 is 0 Å². The fourth-order valence-corrected chi connectivity index (χ4v) is 4.00. The molecule has 0 radical (unpaired) electrons. The molecule has 1 unspecified atom stereocenters. The van der Waals surface area contributed by atoms with Gasteiger partial charge in [-0.2, -0.15) is 5.10 Å². The summed E-state index contributed by atoms with van der Waals surface area (Å²) in [5, 5.41) is 8.40. The SMILES string of the molecule is CC(C)Cn1nc(C(=O)N2CCOCC2)c2c1CCC(NCCOC(C)C)C2. The number of nitrogens with one attached hydrogen (secondary N) is 1. The monoisotopic (exact) mass is 392 g/mol. The molecule has 1 fully saturated rings. The lowest BCUT2D eigenvalue weighted by molar-refractivity contribution is 0.0297. The molecular weight excluding hydrogens is 356 g/mol. The van der Waals surface area contributed by atoms with Crippen LogP contribution in [0.4, 0.5) is 0 Å². The van der Waals surface area contributed by atoms with Crippen molar-refractivity contribution in [3.05, 3.63) is 17.0 Å². The highest BCUT2D eigenvalue weighted by atomic mass is 16.5. The van der Waals surface area contributed by atoms with E-state index in [0.29, 0.717) is 50.6 Å². The maximum atomic E-state index is 13.2. The zero-order valence-corrected chi connectivity index (χ0v) is 17.9. The first-order valence-electron chi connectivity index (χ1n) is 10.8. The molecule has 7 nitrogen and oxygen atoms in total. The van der Waals surface area contributed by atoms with Gasteiger partial charge in [0.05, 0.1) is 25.9 Å². The van der Waals surface area contributed by atoms with Crippen LogP contribution in [0.1, 0.15) is 55.9 Å². The summed E-state index contributed by atoms with van der Waals surface area (Å²) in [4.78, 5) is 15.1. The fourth-order valence-electron chi connectivity index (χ4n) is 4.00. The number of hydrogen-bond donors (Lipinski definition) is 1. The van der Waals surface area contributed by atoms with Gasteiger partial charge in [0.15, 0.2) is 5.69 Å². The summed E-state index contributed by atoms with van der Waals surface area (Å²) in [5.74, 6) is 0.560. The van der Waals surface area contributed by atoms with Gasteiger partial charge < -0.3 is 19.7 Å². The summed E-state index contributed by atoms with van der Waals surface area (Å²) >= 11 is 0. The van der Waals surface area contributed by atoms with E-state index >= 15 is 0 Å². The van der Waals surface area contributed by atoms with Crippen LogP contribution in [0.3, 0.4) is 0 Å².